The molecule has 150 valence electrons. The van der Waals surface area contributed by atoms with Gasteiger partial charge in [-0.25, -0.2) is 9.78 Å². The maximum atomic E-state index is 11.9. The van der Waals surface area contributed by atoms with Gasteiger partial charge < -0.3 is 20.3 Å². The molecular formula is C17H27IN6O2S. The minimum Gasteiger partial charge on any atom is -0.444 e. The van der Waals surface area contributed by atoms with Crippen molar-refractivity contribution in [1.82, 2.24) is 24.9 Å². The van der Waals surface area contributed by atoms with Gasteiger partial charge in [0.1, 0.15) is 5.60 Å². The average molecular weight is 506 g/mol. The lowest BCUT2D eigenvalue weighted by atomic mass is 10.2. The van der Waals surface area contributed by atoms with Crippen LogP contribution in [0.3, 0.4) is 0 Å². The highest BCUT2D eigenvalue weighted by atomic mass is 127. The van der Waals surface area contributed by atoms with Crippen molar-refractivity contribution in [3.8, 4) is 0 Å². The SMILES string of the molecule is CN=C(NCc1cn2ccsc2n1)N1CCC(NC(=O)OC(C)(C)C)C1.I. The number of fused-ring (bicyclic) bond motifs is 1. The topological polar surface area (TPSA) is 83.3 Å². The van der Waals surface area contributed by atoms with Crippen LogP contribution >= 0.6 is 35.3 Å². The Morgan fingerprint density at radius 3 is 2.93 bits per heavy atom. The smallest absolute Gasteiger partial charge is 0.407 e. The van der Waals surface area contributed by atoms with Crippen molar-refractivity contribution in [2.24, 2.45) is 4.99 Å². The van der Waals surface area contributed by atoms with Gasteiger partial charge in [0.05, 0.1) is 18.3 Å². The minimum atomic E-state index is -0.488. The molecule has 10 heteroatoms. The number of thiazole rings is 1. The molecule has 0 radical (unpaired) electrons. The van der Waals surface area contributed by atoms with Crippen LogP contribution in [0.25, 0.3) is 4.96 Å². The van der Waals surface area contributed by atoms with Crippen LogP contribution < -0.4 is 10.6 Å². The number of ether oxygens (including phenoxy) is 1. The molecule has 2 N–H and O–H groups in total. The summed E-state index contributed by atoms with van der Waals surface area (Å²) in [5.41, 5.74) is 0.485. The van der Waals surface area contributed by atoms with Gasteiger partial charge in [0.25, 0.3) is 0 Å². The van der Waals surface area contributed by atoms with Crippen LogP contribution in [-0.4, -0.2) is 58.1 Å². The highest BCUT2D eigenvalue weighted by molar-refractivity contribution is 14.0. The third-order valence-electron chi connectivity index (χ3n) is 3.99. The fraction of sp³-hybridized carbons (Fsp3) is 0.588. The summed E-state index contributed by atoms with van der Waals surface area (Å²) in [6.07, 6.45) is 4.51. The summed E-state index contributed by atoms with van der Waals surface area (Å²) in [6, 6.07) is 0.0568. The summed E-state index contributed by atoms with van der Waals surface area (Å²) in [5.74, 6) is 0.815. The van der Waals surface area contributed by atoms with Crippen LogP contribution in [0.2, 0.25) is 0 Å². The van der Waals surface area contributed by atoms with Crippen molar-refractivity contribution in [3.05, 3.63) is 23.5 Å². The first kappa shape index (κ1) is 21.7. The Hall–Kier alpha value is -1.56. The molecule has 1 atom stereocenters. The fourth-order valence-electron chi connectivity index (χ4n) is 2.91. The lowest BCUT2D eigenvalue weighted by Crippen LogP contribution is -2.44. The van der Waals surface area contributed by atoms with E-state index in [9.17, 15) is 4.79 Å². The Labute approximate surface area is 180 Å². The Morgan fingerprint density at radius 1 is 1.48 bits per heavy atom. The first-order valence-electron chi connectivity index (χ1n) is 8.70. The van der Waals surface area contributed by atoms with E-state index in [1.54, 1.807) is 18.4 Å². The van der Waals surface area contributed by atoms with Crippen molar-refractivity contribution in [2.45, 2.75) is 45.4 Å². The van der Waals surface area contributed by atoms with Crippen LogP contribution in [0.15, 0.2) is 22.8 Å². The molecule has 2 aromatic heterocycles. The van der Waals surface area contributed by atoms with Crippen molar-refractivity contribution in [3.63, 3.8) is 0 Å². The number of carbonyl (C=O) groups excluding carboxylic acids is 1. The summed E-state index contributed by atoms with van der Waals surface area (Å²) in [5, 5.41) is 8.30. The average Bonchev–Trinajstić information content (AvgIpc) is 3.22. The van der Waals surface area contributed by atoms with Gasteiger partial charge in [-0.15, -0.1) is 35.3 Å². The number of amides is 1. The van der Waals surface area contributed by atoms with Gasteiger partial charge in [-0.1, -0.05) is 0 Å². The van der Waals surface area contributed by atoms with Gasteiger partial charge in [-0.3, -0.25) is 9.39 Å². The van der Waals surface area contributed by atoms with E-state index in [0.717, 1.165) is 29.6 Å². The Kier molecular flexibility index (Phi) is 7.32. The molecule has 1 aliphatic rings. The van der Waals surface area contributed by atoms with Crippen LogP contribution in [0.5, 0.6) is 0 Å². The van der Waals surface area contributed by atoms with E-state index in [1.165, 1.54) is 0 Å². The second-order valence-electron chi connectivity index (χ2n) is 7.30. The first-order chi connectivity index (χ1) is 12.3. The standard InChI is InChI=1S/C17H26N6O2S.HI/c1-17(2,3)25-16(24)21-12-5-6-22(10-12)14(18-4)19-9-13-11-23-7-8-26-15(23)20-13;/h7-8,11-12H,5-6,9-10H2,1-4H3,(H,18,19)(H,21,24);1H. The zero-order valence-electron chi connectivity index (χ0n) is 16.1. The van der Waals surface area contributed by atoms with E-state index in [2.05, 4.69) is 25.5 Å². The Bertz CT molecular complexity index is 768. The molecular weight excluding hydrogens is 479 g/mol. The predicted octanol–water partition coefficient (Wildman–Crippen LogP) is 2.69. The van der Waals surface area contributed by atoms with Crippen molar-refractivity contribution in [1.29, 1.82) is 0 Å². The quantitative estimate of drug-likeness (QED) is 0.380. The van der Waals surface area contributed by atoms with E-state index in [1.807, 2.05) is 42.9 Å². The zero-order valence-corrected chi connectivity index (χ0v) is 19.2. The molecule has 0 saturated carbocycles. The molecule has 0 aliphatic carbocycles. The third-order valence-corrected chi connectivity index (χ3v) is 4.76. The third kappa shape index (κ3) is 5.96. The number of aromatic nitrogens is 2. The monoisotopic (exact) mass is 506 g/mol. The molecule has 3 heterocycles. The lowest BCUT2D eigenvalue weighted by Gasteiger charge is -2.23. The van der Waals surface area contributed by atoms with Crippen LogP contribution in [0.1, 0.15) is 32.9 Å². The van der Waals surface area contributed by atoms with Gasteiger partial charge in [0, 0.05) is 37.9 Å². The van der Waals surface area contributed by atoms with E-state index >= 15 is 0 Å². The number of guanidine groups is 1. The molecule has 2 aromatic rings. The number of hydrogen-bond donors (Lipinski definition) is 2. The number of aliphatic imine (C=N–C) groups is 1. The molecule has 8 nitrogen and oxygen atoms in total. The number of likely N-dealkylation sites (tertiary alicyclic amines) is 1. The van der Waals surface area contributed by atoms with Crippen molar-refractivity contribution >= 4 is 52.3 Å². The van der Waals surface area contributed by atoms with Gasteiger partial charge in [0.15, 0.2) is 10.9 Å². The van der Waals surface area contributed by atoms with Gasteiger partial charge in [-0.05, 0) is 27.2 Å². The van der Waals surface area contributed by atoms with Crippen LogP contribution in [0.4, 0.5) is 4.79 Å². The van der Waals surface area contributed by atoms with Crippen molar-refractivity contribution < 1.29 is 9.53 Å². The molecule has 0 bridgehead atoms. The molecule has 1 unspecified atom stereocenters. The summed E-state index contributed by atoms with van der Waals surface area (Å²) in [6.45, 7) is 7.73. The number of rotatable bonds is 3. The van der Waals surface area contributed by atoms with Crippen molar-refractivity contribution in [2.75, 3.05) is 20.1 Å². The number of nitrogens with zero attached hydrogens (tertiary/aromatic N) is 4. The number of imidazole rings is 1. The Morgan fingerprint density at radius 2 is 2.26 bits per heavy atom. The first-order valence-corrected chi connectivity index (χ1v) is 9.58. The number of carbonyl (C=O) groups is 1. The number of alkyl carbamates (subject to hydrolysis) is 1. The lowest BCUT2D eigenvalue weighted by molar-refractivity contribution is 0.0507. The molecule has 3 rings (SSSR count). The fourth-order valence-corrected chi connectivity index (χ4v) is 3.63. The molecule has 1 saturated heterocycles. The maximum absolute atomic E-state index is 11.9. The highest BCUT2D eigenvalue weighted by Crippen LogP contribution is 2.13. The molecule has 1 fully saturated rings. The van der Waals surface area contributed by atoms with Crippen LogP contribution in [0, 0.1) is 0 Å². The summed E-state index contributed by atoms with van der Waals surface area (Å²) < 4.78 is 7.34. The molecule has 27 heavy (non-hydrogen) atoms. The molecule has 0 spiro atoms. The van der Waals surface area contributed by atoms with E-state index in [4.69, 9.17) is 4.74 Å². The second-order valence-corrected chi connectivity index (χ2v) is 8.18. The summed E-state index contributed by atoms with van der Waals surface area (Å²) in [4.78, 5) is 24.0. The van der Waals surface area contributed by atoms with E-state index in [-0.39, 0.29) is 36.1 Å². The predicted molar refractivity (Wildman–Crippen MR) is 118 cm³/mol. The largest absolute Gasteiger partial charge is 0.444 e. The Balaban J connectivity index is 0.00000261. The molecule has 1 aliphatic heterocycles. The summed E-state index contributed by atoms with van der Waals surface area (Å²) >= 11 is 1.61. The molecule has 1 amide bonds. The van der Waals surface area contributed by atoms with Crippen LogP contribution in [-0.2, 0) is 11.3 Å². The van der Waals surface area contributed by atoms with Gasteiger partial charge in [0.2, 0.25) is 0 Å². The second kappa shape index (κ2) is 9.09. The number of hydrogen-bond acceptors (Lipinski definition) is 5. The van der Waals surface area contributed by atoms with E-state index < -0.39 is 5.60 Å². The molecule has 0 aromatic carbocycles. The minimum absolute atomic E-state index is 0. The highest BCUT2D eigenvalue weighted by Gasteiger charge is 2.27. The zero-order chi connectivity index (χ0) is 18.7. The normalized spacial score (nSPS) is 17.7. The van der Waals surface area contributed by atoms with Gasteiger partial charge in [-0.2, -0.15) is 0 Å². The van der Waals surface area contributed by atoms with Gasteiger partial charge >= 0.3 is 6.09 Å². The number of halogens is 1. The number of nitrogens with one attached hydrogen (secondary N) is 2. The maximum Gasteiger partial charge on any atom is 0.407 e. The summed E-state index contributed by atoms with van der Waals surface area (Å²) in [7, 11) is 1.77. The van der Waals surface area contributed by atoms with E-state index in [0.29, 0.717) is 13.1 Å².